The quantitative estimate of drug-likeness (QED) is 0.723. The van der Waals surface area contributed by atoms with Gasteiger partial charge in [0, 0.05) is 19.1 Å². The highest BCUT2D eigenvalue weighted by molar-refractivity contribution is 4.89. The van der Waals surface area contributed by atoms with E-state index >= 15 is 0 Å². The smallest absolute Gasteiger partial charge is 0.0113 e. The van der Waals surface area contributed by atoms with E-state index in [0.717, 1.165) is 29.7 Å². The van der Waals surface area contributed by atoms with Crippen molar-refractivity contribution in [2.45, 2.75) is 72.3 Å². The summed E-state index contributed by atoms with van der Waals surface area (Å²) >= 11 is 0. The molecule has 0 radical (unpaired) electrons. The predicted molar refractivity (Wildman–Crippen MR) is 92.6 cm³/mol. The average Bonchev–Trinajstić information content (AvgIpc) is 2.41. The zero-order valence-electron chi connectivity index (χ0n) is 14.9. The molecular weight excluding hydrogens is 256 g/mol. The second-order valence-electron chi connectivity index (χ2n) is 7.93. The number of hydrogen-bond donors (Lipinski definition) is 1. The van der Waals surface area contributed by atoms with Crippen molar-refractivity contribution in [3.8, 4) is 0 Å². The van der Waals surface area contributed by atoms with Crippen LogP contribution in [0.4, 0.5) is 0 Å². The van der Waals surface area contributed by atoms with Crippen LogP contribution in [0.25, 0.3) is 0 Å². The summed E-state index contributed by atoms with van der Waals surface area (Å²) in [5.74, 6) is 3.63. The van der Waals surface area contributed by atoms with E-state index in [9.17, 15) is 0 Å². The van der Waals surface area contributed by atoms with Crippen LogP contribution in [-0.2, 0) is 0 Å². The Morgan fingerprint density at radius 3 is 2.38 bits per heavy atom. The second kappa shape index (κ2) is 8.53. The van der Waals surface area contributed by atoms with Crippen molar-refractivity contribution in [1.82, 2.24) is 10.2 Å². The van der Waals surface area contributed by atoms with Crippen molar-refractivity contribution in [3.63, 3.8) is 0 Å². The third-order valence-electron chi connectivity index (χ3n) is 5.99. The molecule has 2 aliphatic rings. The summed E-state index contributed by atoms with van der Waals surface area (Å²) in [6, 6.07) is 0.749. The Morgan fingerprint density at radius 2 is 1.81 bits per heavy atom. The Balaban J connectivity index is 1.91. The van der Waals surface area contributed by atoms with Gasteiger partial charge in [-0.1, -0.05) is 34.1 Å². The van der Waals surface area contributed by atoms with Crippen molar-refractivity contribution in [3.05, 3.63) is 0 Å². The molecule has 4 atom stereocenters. The SMILES string of the molecule is CCCNC1CC(C)CC(C)C1CN(CC)CC1CCC1. The topological polar surface area (TPSA) is 15.3 Å². The van der Waals surface area contributed by atoms with Crippen molar-refractivity contribution >= 4 is 0 Å². The largest absolute Gasteiger partial charge is 0.314 e. The van der Waals surface area contributed by atoms with E-state index in [1.165, 1.54) is 64.7 Å². The van der Waals surface area contributed by atoms with Gasteiger partial charge in [-0.3, -0.25) is 0 Å². The first-order chi connectivity index (χ1) is 10.1. The van der Waals surface area contributed by atoms with Gasteiger partial charge in [-0.05, 0) is 68.9 Å². The second-order valence-corrected chi connectivity index (χ2v) is 7.93. The molecular formula is C19H38N2. The summed E-state index contributed by atoms with van der Waals surface area (Å²) < 4.78 is 0. The number of nitrogens with one attached hydrogen (secondary N) is 1. The minimum Gasteiger partial charge on any atom is -0.314 e. The van der Waals surface area contributed by atoms with Gasteiger partial charge >= 0.3 is 0 Å². The standard InChI is InChI=1S/C19H38N2/c1-5-10-20-19-12-15(3)11-16(4)18(19)14-21(6-2)13-17-8-7-9-17/h15-20H,5-14H2,1-4H3. The molecule has 124 valence electrons. The van der Waals surface area contributed by atoms with Crippen LogP contribution in [-0.4, -0.2) is 37.1 Å². The van der Waals surface area contributed by atoms with E-state index in [2.05, 4.69) is 37.9 Å². The van der Waals surface area contributed by atoms with E-state index in [-0.39, 0.29) is 0 Å². The van der Waals surface area contributed by atoms with Crippen LogP contribution in [0, 0.1) is 23.7 Å². The monoisotopic (exact) mass is 294 g/mol. The lowest BCUT2D eigenvalue weighted by Gasteiger charge is -2.43. The molecule has 0 amide bonds. The summed E-state index contributed by atoms with van der Waals surface area (Å²) in [5, 5.41) is 3.87. The lowest BCUT2D eigenvalue weighted by Crippen LogP contribution is -2.50. The maximum atomic E-state index is 3.87. The van der Waals surface area contributed by atoms with Gasteiger partial charge in [-0.15, -0.1) is 0 Å². The maximum Gasteiger partial charge on any atom is 0.0113 e. The summed E-state index contributed by atoms with van der Waals surface area (Å²) in [6.07, 6.45) is 8.49. The van der Waals surface area contributed by atoms with Crippen LogP contribution in [0.5, 0.6) is 0 Å². The van der Waals surface area contributed by atoms with E-state index in [0.29, 0.717) is 0 Å². The van der Waals surface area contributed by atoms with Gasteiger partial charge in [0.1, 0.15) is 0 Å². The molecule has 4 unspecified atom stereocenters. The average molecular weight is 295 g/mol. The van der Waals surface area contributed by atoms with E-state index in [1.54, 1.807) is 0 Å². The Kier molecular flexibility index (Phi) is 7.01. The predicted octanol–water partition coefficient (Wildman–Crippen LogP) is 4.16. The van der Waals surface area contributed by atoms with Gasteiger partial charge in [0.2, 0.25) is 0 Å². The molecule has 1 N–H and O–H groups in total. The minimum atomic E-state index is 0.749. The van der Waals surface area contributed by atoms with Crippen LogP contribution in [0.2, 0.25) is 0 Å². The van der Waals surface area contributed by atoms with Crippen molar-refractivity contribution in [1.29, 1.82) is 0 Å². The van der Waals surface area contributed by atoms with Gasteiger partial charge < -0.3 is 10.2 Å². The third kappa shape index (κ3) is 4.96. The molecule has 21 heavy (non-hydrogen) atoms. The molecule has 2 rings (SSSR count). The molecule has 2 fully saturated rings. The lowest BCUT2D eigenvalue weighted by molar-refractivity contribution is 0.0862. The molecule has 2 heteroatoms. The fourth-order valence-corrected chi connectivity index (χ4v) is 4.45. The maximum absolute atomic E-state index is 3.87. The van der Waals surface area contributed by atoms with Crippen molar-refractivity contribution < 1.29 is 0 Å². The molecule has 0 aromatic heterocycles. The fraction of sp³-hybridized carbons (Fsp3) is 1.00. The fourth-order valence-electron chi connectivity index (χ4n) is 4.45. The molecule has 0 spiro atoms. The van der Waals surface area contributed by atoms with Crippen LogP contribution < -0.4 is 5.32 Å². The molecule has 0 saturated heterocycles. The Morgan fingerprint density at radius 1 is 1.05 bits per heavy atom. The number of hydrogen-bond acceptors (Lipinski definition) is 2. The number of rotatable bonds is 8. The first-order valence-electron chi connectivity index (χ1n) is 9.59. The first-order valence-corrected chi connectivity index (χ1v) is 9.59. The van der Waals surface area contributed by atoms with Crippen LogP contribution in [0.15, 0.2) is 0 Å². The Hall–Kier alpha value is -0.0800. The zero-order chi connectivity index (χ0) is 15.2. The summed E-state index contributed by atoms with van der Waals surface area (Å²) in [4.78, 5) is 2.75. The Labute approximate surface area is 133 Å². The highest BCUT2D eigenvalue weighted by Gasteiger charge is 2.34. The van der Waals surface area contributed by atoms with Crippen molar-refractivity contribution in [2.75, 3.05) is 26.2 Å². The lowest BCUT2D eigenvalue weighted by atomic mass is 9.72. The van der Waals surface area contributed by atoms with Gasteiger partial charge in [-0.2, -0.15) is 0 Å². The number of nitrogens with zero attached hydrogens (tertiary/aromatic N) is 1. The molecule has 2 nitrogen and oxygen atoms in total. The zero-order valence-corrected chi connectivity index (χ0v) is 14.9. The van der Waals surface area contributed by atoms with Gasteiger partial charge in [-0.25, -0.2) is 0 Å². The molecule has 2 saturated carbocycles. The van der Waals surface area contributed by atoms with Crippen LogP contribution in [0.3, 0.4) is 0 Å². The summed E-state index contributed by atoms with van der Waals surface area (Å²) in [7, 11) is 0. The molecule has 2 aliphatic carbocycles. The third-order valence-corrected chi connectivity index (χ3v) is 5.99. The van der Waals surface area contributed by atoms with E-state index in [4.69, 9.17) is 0 Å². The Bertz CT molecular complexity index is 287. The summed E-state index contributed by atoms with van der Waals surface area (Å²) in [5.41, 5.74) is 0. The highest BCUT2D eigenvalue weighted by Crippen LogP contribution is 2.35. The molecule has 0 aromatic rings. The van der Waals surface area contributed by atoms with Crippen molar-refractivity contribution in [2.24, 2.45) is 23.7 Å². The first kappa shape index (κ1) is 17.3. The normalized spacial score (nSPS) is 34.1. The molecule has 0 heterocycles. The molecule has 0 aromatic carbocycles. The van der Waals surface area contributed by atoms with Gasteiger partial charge in [0.05, 0.1) is 0 Å². The molecule has 0 bridgehead atoms. The highest BCUT2D eigenvalue weighted by atomic mass is 15.1. The van der Waals surface area contributed by atoms with Crippen LogP contribution in [0.1, 0.15) is 66.2 Å². The van der Waals surface area contributed by atoms with E-state index < -0.39 is 0 Å². The van der Waals surface area contributed by atoms with E-state index in [1.807, 2.05) is 0 Å². The minimum absolute atomic E-state index is 0.749. The van der Waals surface area contributed by atoms with Gasteiger partial charge in [0.15, 0.2) is 0 Å². The van der Waals surface area contributed by atoms with Gasteiger partial charge in [0.25, 0.3) is 0 Å². The molecule has 0 aliphatic heterocycles. The summed E-state index contributed by atoms with van der Waals surface area (Å²) in [6.45, 7) is 14.7. The van der Waals surface area contributed by atoms with Crippen LogP contribution >= 0.6 is 0 Å².